The van der Waals surface area contributed by atoms with Gasteiger partial charge in [0.05, 0.1) is 19.9 Å². The van der Waals surface area contributed by atoms with E-state index in [4.69, 9.17) is 20.2 Å². The summed E-state index contributed by atoms with van der Waals surface area (Å²) in [5, 5.41) is 5.98. The van der Waals surface area contributed by atoms with Crippen molar-refractivity contribution in [3.8, 4) is 22.8 Å². The number of methoxy groups -OCH3 is 2. The lowest BCUT2D eigenvalue weighted by molar-refractivity contribution is 0.0951. The number of hydrogen-bond acceptors (Lipinski definition) is 7. The Kier molecular flexibility index (Phi) is 10.0. The molecule has 43 heavy (non-hydrogen) atoms. The highest BCUT2D eigenvalue weighted by Gasteiger charge is 2.17. The lowest BCUT2D eigenvalue weighted by Gasteiger charge is -2.22. The molecule has 0 aliphatic heterocycles. The van der Waals surface area contributed by atoms with Crippen LogP contribution in [0.1, 0.15) is 32.6 Å². The molecule has 0 bridgehead atoms. The van der Waals surface area contributed by atoms with Crippen LogP contribution in [0.2, 0.25) is 0 Å². The fourth-order valence-electron chi connectivity index (χ4n) is 4.83. The zero-order valence-corrected chi connectivity index (χ0v) is 25.3. The molecule has 1 aromatic heterocycles. The maximum Gasteiger partial charge on any atom is 0.251 e. The van der Waals surface area contributed by atoms with E-state index in [-0.39, 0.29) is 5.91 Å². The maximum atomic E-state index is 12.8. The minimum atomic E-state index is -0.109. The second-order valence-electron chi connectivity index (χ2n) is 10.1. The fraction of sp³-hybridized carbons (Fsp3) is 0.200. The number of nitrogens with two attached hydrogens (primary N) is 1. The van der Waals surface area contributed by atoms with Gasteiger partial charge in [0.2, 0.25) is 0 Å². The van der Waals surface area contributed by atoms with E-state index in [1.54, 1.807) is 25.6 Å². The number of anilines is 1. The number of amides is 1. The second-order valence-corrected chi connectivity index (χ2v) is 11.0. The number of nitrogens with one attached hydrogen (secondary N) is 1. The number of carbonyl (C=O) groups excluding carboxylic acids is 1. The summed E-state index contributed by atoms with van der Waals surface area (Å²) in [6, 6.07) is 31.9. The first kappa shape index (κ1) is 29.8. The number of ether oxygens (including phenoxy) is 2. The summed E-state index contributed by atoms with van der Waals surface area (Å²) >= 11 is 1.60. The molecular formula is C35H36N4O3S. The van der Waals surface area contributed by atoms with Gasteiger partial charge in [-0.05, 0) is 59.0 Å². The maximum absolute atomic E-state index is 12.8. The highest BCUT2D eigenvalue weighted by atomic mass is 32.1. The van der Waals surface area contributed by atoms with Crippen LogP contribution in [0.5, 0.6) is 11.5 Å². The first-order chi connectivity index (χ1) is 21.1. The molecule has 0 aliphatic rings. The molecule has 0 saturated carbocycles. The Morgan fingerprint density at radius 3 is 2.37 bits per heavy atom. The molecule has 0 unspecified atom stereocenters. The van der Waals surface area contributed by atoms with E-state index < -0.39 is 0 Å². The van der Waals surface area contributed by atoms with Gasteiger partial charge >= 0.3 is 0 Å². The van der Waals surface area contributed by atoms with Gasteiger partial charge < -0.3 is 25.4 Å². The summed E-state index contributed by atoms with van der Waals surface area (Å²) in [6.07, 6.45) is 0.879. The van der Waals surface area contributed by atoms with Crippen LogP contribution in [0.15, 0.2) is 102 Å². The van der Waals surface area contributed by atoms with Gasteiger partial charge in [-0.25, -0.2) is 4.98 Å². The van der Waals surface area contributed by atoms with Crippen LogP contribution in [0.4, 0.5) is 5.13 Å². The van der Waals surface area contributed by atoms with Crippen LogP contribution in [0, 0.1) is 0 Å². The minimum absolute atomic E-state index is 0.109. The topological polar surface area (TPSA) is 89.7 Å². The van der Waals surface area contributed by atoms with Crippen molar-refractivity contribution in [2.24, 2.45) is 5.73 Å². The molecule has 220 valence electrons. The van der Waals surface area contributed by atoms with Crippen molar-refractivity contribution in [3.63, 3.8) is 0 Å². The molecule has 0 aliphatic carbocycles. The van der Waals surface area contributed by atoms with E-state index in [2.05, 4.69) is 39.9 Å². The molecule has 5 aromatic rings. The molecule has 1 heterocycles. The van der Waals surface area contributed by atoms with Gasteiger partial charge in [-0.15, -0.1) is 11.3 Å². The Labute approximate surface area is 256 Å². The number of rotatable bonds is 13. The van der Waals surface area contributed by atoms with Crippen molar-refractivity contribution in [2.75, 3.05) is 25.7 Å². The lowest BCUT2D eigenvalue weighted by Crippen LogP contribution is -2.25. The molecule has 4 aromatic carbocycles. The average Bonchev–Trinajstić information content (AvgIpc) is 3.56. The smallest absolute Gasteiger partial charge is 0.251 e. The van der Waals surface area contributed by atoms with E-state index in [9.17, 15) is 4.79 Å². The fourth-order valence-corrected chi connectivity index (χ4v) is 5.68. The predicted octanol–water partition coefficient (Wildman–Crippen LogP) is 6.47. The molecule has 7 nitrogen and oxygen atoms in total. The number of carbonyl (C=O) groups is 1. The average molecular weight is 593 g/mol. The molecule has 1 amide bonds. The molecular weight excluding hydrogens is 556 g/mol. The molecule has 5 rings (SSSR count). The molecule has 8 heteroatoms. The quantitative estimate of drug-likeness (QED) is 0.163. The van der Waals surface area contributed by atoms with Gasteiger partial charge in [-0.2, -0.15) is 0 Å². The van der Waals surface area contributed by atoms with E-state index in [1.807, 2.05) is 72.8 Å². The third kappa shape index (κ3) is 7.80. The van der Waals surface area contributed by atoms with E-state index >= 15 is 0 Å². The van der Waals surface area contributed by atoms with Crippen molar-refractivity contribution >= 4 is 22.4 Å². The first-order valence-corrected chi connectivity index (χ1v) is 15.1. The zero-order valence-electron chi connectivity index (χ0n) is 24.5. The monoisotopic (exact) mass is 592 g/mol. The number of aromatic nitrogens is 1. The van der Waals surface area contributed by atoms with Crippen molar-refractivity contribution in [2.45, 2.75) is 26.1 Å². The Balaban J connectivity index is 1.32. The third-order valence-corrected chi connectivity index (χ3v) is 8.13. The van der Waals surface area contributed by atoms with Crippen LogP contribution in [0.3, 0.4) is 0 Å². The van der Waals surface area contributed by atoms with E-state index in [0.29, 0.717) is 25.2 Å². The van der Waals surface area contributed by atoms with Gasteiger partial charge in [-0.3, -0.25) is 4.79 Å². The van der Waals surface area contributed by atoms with Crippen molar-refractivity contribution in [3.05, 3.63) is 130 Å². The predicted molar refractivity (Wildman–Crippen MR) is 174 cm³/mol. The Bertz CT molecular complexity index is 1640. The van der Waals surface area contributed by atoms with Crippen LogP contribution in [-0.2, 0) is 26.1 Å². The van der Waals surface area contributed by atoms with Crippen LogP contribution < -0.4 is 25.4 Å². The molecule has 3 N–H and O–H groups in total. The number of benzene rings is 4. The molecule has 0 saturated heterocycles. The Morgan fingerprint density at radius 2 is 1.63 bits per heavy atom. The standard InChI is InChI=1S/C35H36N4O3S/c1-41-30-15-16-33(42-2)31(20-30)32-24-43-35(38-32)39(18-17-25-7-4-3-5-8-25)23-26-11-13-29(14-12-26)34(40)37-22-28-10-6-9-27(19-28)21-36/h3-16,19-20,24H,17-18,21-23,36H2,1-2H3,(H,37,40). The summed E-state index contributed by atoms with van der Waals surface area (Å²) in [7, 11) is 3.31. The summed E-state index contributed by atoms with van der Waals surface area (Å²) in [4.78, 5) is 20.2. The lowest BCUT2D eigenvalue weighted by atomic mass is 10.1. The zero-order chi connectivity index (χ0) is 30.0. The van der Waals surface area contributed by atoms with Crippen LogP contribution >= 0.6 is 11.3 Å². The van der Waals surface area contributed by atoms with Crippen LogP contribution in [-0.4, -0.2) is 31.7 Å². The summed E-state index contributed by atoms with van der Waals surface area (Å²) < 4.78 is 11.1. The van der Waals surface area contributed by atoms with Gasteiger partial charge in [0, 0.05) is 42.7 Å². The molecule has 0 atom stereocenters. The van der Waals surface area contributed by atoms with Gasteiger partial charge in [-0.1, -0.05) is 66.7 Å². The van der Waals surface area contributed by atoms with Crippen molar-refractivity contribution < 1.29 is 14.3 Å². The highest BCUT2D eigenvalue weighted by molar-refractivity contribution is 7.14. The SMILES string of the molecule is COc1ccc(OC)c(-c2csc(N(CCc3ccccc3)Cc3ccc(C(=O)NCc4cccc(CN)c4)cc3)n2)c1. The number of thiazole rings is 1. The van der Waals surface area contributed by atoms with Crippen LogP contribution in [0.25, 0.3) is 11.3 Å². The van der Waals surface area contributed by atoms with Gasteiger partial charge in [0.15, 0.2) is 5.13 Å². The summed E-state index contributed by atoms with van der Waals surface area (Å²) in [5.74, 6) is 1.39. The van der Waals surface area contributed by atoms with E-state index in [1.165, 1.54) is 5.56 Å². The highest BCUT2D eigenvalue weighted by Crippen LogP contribution is 2.36. The second kappa shape index (κ2) is 14.5. The molecule has 0 radical (unpaired) electrons. The Hall–Kier alpha value is -4.66. The largest absolute Gasteiger partial charge is 0.497 e. The Morgan fingerprint density at radius 1 is 0.860 bits per heavy atom. The van der Waals surface area contributed by atoms with E-state index in [0.717, 1.165) is 57.5 Å². The third-order valence-electron chi connectivity index (χ3n) is 7.23. The van der Waals surface area contributed by atoms with Crippen molar-refractivity contribution in [1.29, 1.82) is 0 Å². The summed E-state index contributed by atoms with van der Waals surface area (Å²) in [5.41, 5.74) is 12.5. The molecule has 0 fully saturated rings. The number of hydrogen-bond donors (Lipinski definition) is 2. The first-order valence-electron chi connectivity index (χ1n) is 14.2. The molecule has 0 spiro atoms. The van der Waals surface area contributed by atoms with Gasteiger partial charge in [0.1, 0.15) is 11.5 Å². The van der Waals surface area contributed by atoms with Crippen molar-refractivity contribution in [1.82, 2.24) is 10.3 Å². The van der Waals surface area contributed by atoms with Gasteiger partial charge in [0.25, 0.3) is 5.91 Å². The normalized spacial score (nSPS) is 10.8. The number of nitrogens with zero attached hydrogens (tertiary/aromatic N) is 2. The minimum Gasteiger partial charge on any atom is -0.497 e. The summed E-state index contributed by atoms with van der Waals surface area (Å²) in [6.45, 7) is 2.37.